The highest BCUT2D eigenvalue weighted by molar-refractivity contribution is 5.80. The van der Waals surface area contributed by atoms with Crippen LogP contribution < -0.4 is 4.74 Å². The largest absolute Gasteiger partial charge is 0.494 e. The van der Waals surface area contributed by atoms with Crippen molar-refractivity contribution in [3.05, 3.63) is 17.2 Å². The van der Waals surface area contributed by atoms with Crippen molar-refractivity contribution in [3.63, 3.8) is 0 Å². The number of allylic oxidation sites excluding steroid dienone is 1. The molecule has 0 fully saturated rings. The van der Waals surface area contributed by atoms with Crippen LogP contribution in [0.25, 0.3) is 0 Å². The monoisotopic (exact) mass is 248 g/mol. The Hall–Kier alpha value is -1.91. The van der Waals surface area contributed by atoms with Crippen LogP contribution in [-0.4, -0.2) is 26.6 Å². The van der Waals surface area contributed by atoms with Gasteiger partial charge in [0.15, 0.2) is 11.4 Å². The summed E-state index contributed by atoms with van der Waals surface area (Å²) in [5.41, 5.74) is 0.976. The van der Waals surface area contributed by atoms with E-state index in [0.717, 1.165) is 5.57 Å². The molecule has 0 saturated heterocycles. The zero-order valence-corrected chi connectivity index (χ0v) is 10.6. The molecule has 5 heteroatoms. The maximum atomic E-state index is 10.2. The van der Waals surface area contributed by atoms with E-state index in [9.17, 15) is 10.2 Å². The number of aliphatic imine (C=N–C) groups is 1. The molecule has 0 amide bonds. The normalized spacial score (nSPS) is 28.6. The molecule has 3 heterocycles. The topological polar surface area (TPSA) is 67.0 Å². The Labute approximate surface area is 105 Å². The van der Waals surface area contributed by atoms with Gasteiger partial charge in [0.05, 0.1) is 5.56 Å². The highest BCUT2D eigenvalue weighted by Crippen LogP contribution is 2.56. The number of rotatable bonds is 1. The van der Waals surface area contributed by atoms with Crippen molar-refractivity contribution in [3.8, 4) is 17.5 Å². The standard InChI is InChI=1S/C13H16N2O3/c1-4-15-11(16)8-9(12(15)17)18-13(3)5-7(2)6-14-10(8)13/h5-6,10,16-17H,4H2,1-3H3. The smallest absolute Gasteiger partial charge is 0.238 e. The summed E-state index contributed by atoms with van der Waals surface area (Å²) in [5.74, 6) is 0.371. The van der Waals surface area contributed by atoms with Gasteiger partial charge in [-0.2, -0.15) is 0 Å². The maximum absolute atomic E-state index is 10.2. The number of aromatic hydroxyl groups is 2. The van der Waals surface area contributed by atoms with Crippen LogP contribution in [0.5, 0.6) is 17.5 Å². The molecular weight excluding hydrogens is 232 g/mol. The van der Waals surface area contributed by atoms with Crippen molar-refractivity contribution in [2.45, 2.75) is 39.0 Å². The molecule has 5 nitrogen and oxygen atoms in total. The lowest BCUT2D eigenvalue weighted by atomic mass is 9.90. The van der Waals surface area contributed by atoms with Gasteiger partial charge in [0, 0.05) is 12.8 Å². The number of fused-ring (bicyclic) bond motifs is 3. The van der Waals surface area contributed by atoms with E-state index in [-0.39, 0.29) is 17.8 Å². The van der Waals surface area contributed by atoms with Crippen molar-refractivity contribution in [1.82, 2.24) is 4.57 Å². The molecule has 18 heavy (non-hydrogen) atoms. The fraction of sp³-hybridized carbons (Fsp3) is 0.462. The zero-order valence-electron chi connectivity index (χ0n) is 10.6. The average Bonchev–Trinajstić information content (AvgIpc) is 2.71. The molecule has 3 rings (SSSR count). The molecule has 0 spiro atoms. The molecule has 0 bridgehead atoms. The predicted molar refractivity (Wildman–Crippen MR) is 67.5 cm³/mol. The van der Waals surface area contributed by atoms with Crippen LogP contribution in [0, 0.1) is 0 Å². The Kier molecular flexibility index (Phi) is 2.06. The Morgan fingerprint density at radius 3 is 2.83 bits per heavy atom. The molecule has 1 aromatic rings. The van der Waals surface area contributed by atoms with Crippen LogP contribution in [-0.2, 0) is 6.54 Å². The first kappa shape index (κ1) is 11.2. The average molecular weight is 248 g/mol. The molecule has 2 aliphatic rings. The minimum absolute atomic E-state index is 0.0260. The van der Waals surface area contributed by atoms with Crippen LogP contribution in [0.4, 0.5) is 0 Å². The number of dihydropyridines is 1. The van der Waals surface area contributed by atoms with Gasteiger partial charge in [0.25, 0.3) is 0 Å². The molecule has 2 aliphatic heterocycles. The van der Waals surface area contributed by atoms with Gasteiger partial charge < -0.3 is 14.9 Å². The maximum Gasteiger partial charge on any atom is 0.238 e. The molecule has 2 N–H and O–H groups in total. The Morgan fingerprint density at radius 2 is 2.17 bits per heavy atom. The van der Waals surface area contributed by atoms with E-state index in [1.54, 1.807) is 6.21 Å². The fourth-order valence-corrected chi connectivity index (χ4v) is 2.81. The molecule has 0 radical (unpaired) electrons. The van der Waals surface area contributed by atoms with Gasteiger partial charge in [-0.25, -0.2) is 0 Å². The SMILES string of the molecule is CCn1c(O)c2c(c1O)C1N=CC(C)=CC1(C)O2. The lowest BCUT2D eigenvalue weighted by Crippen LogP contribution is -2.34. The Morgan fingerprint density at radius 1 is 1.44 bits per heavy atom. The molecular formula is C13H16N2O3. The summed E-state index contributed by atoms with van der Waals surface area (Å²) in [6.45, 7) is 6.19. The minimum atomic E-state index is -0.620. The summed E-state index contributed by atoms with van der Waals surface area (Å²) in [6.07, 6.45) is 3.74. The Balaban J connectivity index is 2.19. The van der Waals surface area contributed by atoms with Crippen LogP contribution in [0.15, 0.2) is 16.6 Å². The number of aromatic nitrogens is 1. The third-order valence-electron chi connectivity index (χ3n) is 3.60. The second kappa shape index (κ2) is 3.31. The van der Waals surface area contributed by atoms with E-state index in [1.165, 1.54) is 4.57 Å². The zero-order chi connectivity index (χ0) is 13.1. The van der Waals surface area contributed by atoms with Crippen LogP contribution in [0.1, 0.15) is 32.4 Å². The first-order valence-electron chi connectivity index (χ1n) is 6.04. The van der Waals surface area contributed by atoms with Crippen LogP contribution in [0.3, 0.4) is 0 Å². The summed E-state index contributed by atoms with van der Waals surface area (Å²) in [7, 11) is 0. The summed E-state index contributed by atoms with van der Waals surface area (Å²) >= 11 is 0. The highest BCUT2D eigenvalue weighted by Gasteiger charge is 2.49. The van der Waals surface area contributed by atoms with Gasteiger partial charge in [0.2, 0.25) is 11.8 Å². The summed E-state index contributed by atoms with van der Waals surface area (Å²) in [5, 5.41) is 20.2. The second-order valence-corrected chi connectivity index (χ2v) is 4.99. The summed E-state index contributed by atoms with van der Waals surface area (Å²) < 4.78 is 7.26. The quantitative estimate of drug-likeness (QED) is 0.800. The molecule has 2 unspecified atom stereocenters. The number of nitrogens with zero attached hydrogens (tertiary/aromatic N) is 2. The Bertz CT molecular complexity index is 586. The van der Waals surface area contributed by atoms with Gasteiger partial charge in [-0.3, -0.25) is 9.56 Å². The summed E-state index contributed by atoms with van der Waals surface area (Å²) in [6, 6.07) is -0.296. The highest BCUT2D eigenvalue weighted by atomic mass is 16.5. The van der Waals surface area contributed by atoms with E-state index < -0.39 is 5.60 Å². The molecule has 1 aromatic heterocycles. The van der Waals surface area contributed by atoms with Gasteiger partial charge >= 0.3 is 0 Å². The minimum Gasteiger partial charge on any atom is -0.494 e. The van der Waals surface area contributed by atoms with Crippen molar-refractivity contribution in [2.75, 3.05) is 0 Å². The molecule has 96 valence electrons. The molecule has 2 atom stereocenters. The number of ether oxygens (including phenoxy) is 1. The first-order valence-corrected chi connectivity index (χ1v) is 6.04. The van der Waals surface area contributed by atoms with Crippen molar-refractivity contribution in [2.24, 2.45) is 4.99 Å². The number of hydrogen-bond donors (Lipinski definition) is 2. The van der Waals surface area contributed by atoms with Gasteiger partial charge in [-0.1, -0.05) is 0 Å². The number of hydrogen-bond acceptors (Lipinski definition) is 4. The fourth-order valence-electron chi connectivity index (χ4n) is 2.81. The van der Waals surface area contributed by atoms with E-state index in [0.29, 0.717) is 17.9 Å². The van der Waals surface area contributed by atoms with E-state index in [2.05, 4.69) is 4.99 Å². The van der Waals surface area contributed by atoms with E-state index in [1.807, 2.05) is 26.8 Å². The van der Waals surface area contributed by atoms with Crippen LogP contribution >= 0.6 is 0 Å². The van der Waals surface area contributed by atoms with E-state index in [4.69, 9.17) is 4.74 Å². The lowest BCUT2D eigenvalue weighted by molar-refractivity contribution is 0.134. The predicted octanol–water partition coefficient (Wildman–Crippen LogP) is 2.14. The molecule has 0 aliphatic carbocycles. The van der Waals surface area contributed by atoms with Gasteiger partial charge in [-0.15, -0.1) is 0 Å². The second-order valence-electron chi connectivity index (χ2n) is 4.99. The van der Waals surface area contributed by atoms with E-state index >= 15 is 0 Å². The summed E-state index contributed by atoms with van der Waals surface area (Å²) in [4.78, 5) is 4.43. The lowest BCUT2D eigenvalue weighted by Gasteiger charge is -2.29. The first-order chi connectivity index (χ1) is 8.48. The van der Waals surface area contributed by atoms with Crippen molar-refractivity contribution >= 4 is 6.21 Å². The third-order valence-corrected chi connectivity index (χ3v) is 3.60. The van der Waals surface area contributed by atoms with Crippen molar-refractivity contribution in [1.29, 1.82) is 0 Å². The van der Waals surface area contributed by atoms with Crippen molar-refractivity contribution < 1.29 is 14.9 Å². The molecule has 0 aromatic carbocycles. The van der Waals surface area contributed by atoms with Gasteiger partial charge in [0.1, 0.15) is 6.04 Å². The van der Waals surface area contributed by atoms with Gasteiger partial charge in [-0.05, 0) is 32.4 Å². The molecule has 0 saturated carbocycles. The third kappa shape index (κ3) is 1.19. The van der Waals surface area contributed by atoms with Crippen LogP contribution in [0.2, 0.25) is 0 Å².